The Morgan fingerprint density at radius 2 is 1.53 bits per heavy atom. The van der Waals surface area contributed by atoms with Gasteiger partial charge in [-0.3, -0.25) is 4.79 Å². The minimum atomic E-state index is -0.595. The number of rotatable bonds is 8. The maximum absolute atomic E-state index is 12.6. The van der Waals surface area contributed by atoms with E-state index in [1.54, 1.807) is 66.0 Å². The summed E-state index contributed by atoms with van der Waals surface area (Å²) < 4.78 is 15.7. The zero-order valence-electron chi connectivity index (χ0n) is 18.0. The molecule has 0 aliphatic heterocycles. The topological polar surface area (TPSA) is 90.9 Å². The molecule has 30 heavy (non-hydrogen) atoms. The van der Waals surface area contributed by atoms with Gasteiger partial charge in [0.1, 0.15) is 15.6 Å². The number of carbonyl (C=O) groups excluding carboxylic acids is 3. The van der Waals surface area contributed by atoms with Gasteiger partial charge >= 0.3 is 11.9 Å². The van der Waals surface area contributed by atoms with Crippen LogP contribution in [0.3, 0.4) is 0 Å². The van der Waals surface area contributed by atoms with E-state index in [1.165, 1.54) is 0 Å². The number of esters is 2. The van der Waals surface area contributed by atoms with E-state index in [0.717, 1.165) is 16.9 Å². The quantitative estimate of drug-likeness (QED) is 0.622. The number of anilines is 1. The van der Waals surface area contributed by atoms with Gasteiger partial charge in [-0.05, 0) is 57.9 Å². The van der Waals surface area contributed by atoms with E-state index < -0.39 is 11.9 Å². The molecule has 162 valence electrons. The maximum Gasteiger partial charge on any atom is 0.348 e. The molecule has 0 spiro atoms. The molecule has 2 rings (SSSR count). The molecule has 1 aromatic carbocycles. The summed E-state index contributed by atoms with van der Waals surface area (Å²) in [5, 5.41) is 3.02. The molecule has 0 radical (unpaired) electrons. The summed E-state index contributed by atoms with van der Waals surface area (Å²) in [6.07, 6.45) is -0.547. The molecule has 1 N–H and O–H groups in total. The molecule has 1 amide bonds. The van der Waals surface area contributed by atoms with Gasteiger partial charge in [-0.25, -0.2) is 9.59 Å². The molecule has 1 heterocycles. The van der Waals surface area contributed by atoms with Crippen molar-refractivity contribution in [3.8, 4) is 5.75 Å². The van der Waals surface area contributed by atoms with Crippen LogP contribution in [0.15, 0.2) is 24.3 Å². The molecular formula is C22H27NO6S. The van der Waals surface area contributed by atoms with E-state index in [9.17, 15) is 14.4 Å². The van der Waals surface area contributed by atoms with Crippen molar-refractivity contribution in [1.29, 1.82) is 0 Å². The fraction of sp³-hybridized carbons (Fsp3) is 0.409. The summed E-state index contributed by atoms with van der Waals surface area (Å²) in [7, 11) is 1.57. The third-order valence-electron chi connectivity index (χ3n) is 4.00. The molecule has 8 heteroatoms. The van der Waals surface area contributed by atoms with E-state index >= 15 is 0 Å². The molecule has 0 saturated carbocycles. The molecule has 0 unspecified atom stereocenters. The van der Waals surface area contributed by atoms with E-state index in [2.05, 4.69) is 5.32 Å². The molecule has 2 aromatic rings. The summed E-state index contributed by atoms with van der Waals surface area (Å²) in [5.41, 5.74) is 1.39. The molecule has 0 aliphatic rings. The standard InChI is InChI=1S/C22H27NO6S/c1-12(2)28-21(25)18-14(5)19(22(26)29-13(3)4)30-20(18)23-17(24)11-15-7-9-16(27-6)10-8-15/h7-10,12-13H,11H2,1-6H3,(H,23,24). The van der Waals surface area contributed by atoms with Crippen LogP contribution >= 0.6 is 11.3 Å². The van der Waals surface area contributed by atoms with Crippen LogP contribution in [0.4, 0.5) is 5.00 Å². The Labute approximate surface area is 180 Å². The molecule has 0 bridgehead atoms. The number of thiophene rings is 1. The van der Waals surface area contributed by atoms with Crippen molar-refractivity contribution < 1.29 is 28.6 Å². The van der Waals surface area contributed by atoms with Crippen molar-refractivity contribution in [2.24, 2.45) is 0 Å². The summed E-state index contributed by atoms with van der Waals surface area (Å²) >= 11 is 1.01. The third kappa shape index (κ3) is 6.06. The van der Waals surface area contributed by atoms with Crippen LogP contribution in [0, 0.1) is 6.92 Å². The van der Waals surface area contributed by atoms with Crippen molar-refractivity contribution in [2.75, 3.05) is 12.4 Å². The Morgan fingerprint density at radius 1 is 0.967 bits per heavy atom. The summed E-state index contributed by atoms with van der Waals surface area (Å²) in [6, 6.07) is 7.11. The van der Waals surface area contributed by atoms with Crippen molar-refractivity contribution in [1.82, 2.24) is 0 Å². The zero-order valence-corrected chi connectivity index (χ0v) is 18.8. The fourth-order valence-electron chi connectivity index (χ4n) is 2.68. The highest BCUT2D eigenvalue weighted by Crippen LogP contribution is 2.35. The second-order valence-electron chi connectivity index (χ2n) is 7.24. The molecule has 7 nitrogen and oxygen atoms in total. The molecule has 0 aliphatic carbocycles. The number of methoxy groups -OCH3 is 1. The first-order valence-corrected chi connectivity index (χ1v) is 10.4. The first kappa shape index (κ1) is 23.4. The predicted octanol–water partition coefficient (Wildman–Crippen LogP) is 4.38. The van der Waals surface area contributed by atoms with Gasteiger partial charge < -0.3 is 19.5 Å². The average molecular weight is 434 g/mol. The van der Waals surface area contributed by atoms with Crippen molar-refractivity contribution in [3.63, 3.8) is 0 Å². The second-order valence-corrected chi connectivity index (χ2v) is 8.26. The highest BCUT2D eigenvalue weighted by atomic mass is 32.1. The third-order valence-corrected chi connectivity index (χ3v) is 5.19. The van der Waals surface area contributed by atoms with Crippen LogP contribution in [0.1, 0.15) is 58.9 Å². The normalized spacial score (nSPS) is 10.8. The first-order chi connectivity index (χ1) is 14.1. The number of hydrogen-bond donors (Lipinski definition) is 1. The number of carbonyl (C=O) groups is 3. The molecule has 1 aromatic heterocycles. The summed E-state index contributed by atoms with van der Waals surface area (Å²) in [5.74, 6) is -0.757. The maximum atomic E-state index is 12.6. The minimum absolute atomic E-state index is 0.103. The van der Waals surface area contributed by atoms with Gasteiger partial charge in [0.2, 0.25) is 5.91 Å². The van der Waals surface area contributed by atoms with Gasteiger partial charge in [0.15, 0.2) is 0 Å². The Bertz CT molecular complexity index is 914. The highest BCUT2D eigenvalue weighted by Gasteiger charge is 2.28. The smallest absolute Gasteiger partial charge is 0.348 e. The Balaban J connectivity index is 2.29. The van der Waals surface area contributed by atoms with E-state index in [4.69, 9.17) is 14.2 Å². The van der Waals surface area contributed by atoms with Crippen LogP contribution in [-0.4, -0.2) is 37.2 Å². The van der Waals surface area contributed by atoms with Crippen molar-refractivity contribution in [3.05, 3.63) is 45.8 Å². The van der Waals surface area contributed by atoms with Crippen LogP contribution in [-0.2, 0) is 20.7 Å². The molecular weight excluding hydrogens is 406 g/mol. The van der Waals surface area contributed by atoms with Crippen molar-refractivity contribution >= 4 is 34.2 Å². The molecule has 0 atom stereocenters. The van der Waals surface area contributed by atoms with Crippen LogP contribution in [0.5, 0.6) is 5.75 Å². The molecule has 0 saturated heterocycles. The Hall–Kier alpha value is -2.87. The van der Waals surface area contributed by atoms with E-state index in [0.29, 0.717) is 11.3 Å². The van der Waals surface area contributed by atoms with Crippen LogP contribution < -0.4 is 10.1 Å². The lowest BCUT2D eigenvalue weighted by atomic mass is 10.1. The zero-order chi connectivity index (χ0) is 22.4. The molecule has 0 fully saturated rings. The highest BCUT2D eigenvalue weighted by molar-refractivity contribution is 7.18. The van der Waals surface area contributed by atoms with Gasteiger partial charge in [0.05, 0.1) is 31.3 Å². The number of benzene rings is 1. The van der Waals surface area contributed by atoms with Gasteiger partial charge in [-0.2, -0.15) is 0 Å². The van der Waals surface area contributed by atoms with Gasteiger partial charge in [-0.15, -0.1) is 11.3 Å². The van der Waals surface area contributed by atoms with Gasteiger partial charge in [0, 0.05) is 0 Å². The van der Waals surface area contributed by atoms with Crippen LogP contribution in [0.2, 0.25) is 0 Å². The number of amides is 1. The summed E-state index contributed by atoms with van der Waals surface area (Å²) in [6.45, 7) is 8.59. The monoisotopic (exact) mass is 433 g/mol. The first-order valence-electron chi connectivity index (χ1n) is 9.60. The minimum Gasteiger partial charge on any atom is -0.497 e. The Morgan fingerprint density at radius 3 is 2.07 bits per heavy atom. The number of nitrogens with one attached hydrogen (secondary N) is 1. The Kier molecular flexibility index (Phi) is 8.00. The average Bonchev–Trinajstić information content (AvgIpc) is 2.97. The lowest BCUT2D eigenvalue weighted by molar-refractivity contribution is -0.115. The van der Waals surface area contributed by atoms with Crippen molar-refractivity contribution in [2.45, 2.75) is 53.2 Å². The number of ether oxygens (including phenoxy) is 3. The second kappa shape index (κ2) is 10.2. The fourth-order valence-corrected chi connectivity index (χ4v) is 3.78. The van der Waals surface area contributed by atoms with Gasteiger partial charge in [0.25, 0.3) is 0 Å². The SMILES string of the molecule is COc1ccc(CC(=O)Nc2sc(C(=O)OC(C)C)c(C)c2C(=O)OC(C)C)cc1. The largest absolute Gasteiger partial charge is 0.497 e. The van der Waals surface area contributed by atoms with Gasteiger partial charge in [-0.1, -0.05) is 12.1 Å². The lowest BCUT2D eigenvalue weighted by Crippen LogP contribution is -2.18. The van der Waals surface area contributed by atoms with Crippen LogP contribution in [0.25, 0.3) is 0 Å². The summed E-state index contributed by atoms with van der Waals surface area (Å²) in [4.78, 5) is 37.9. The van der Waals surface area contributed by atoms with E-state index in [-0.39, 0.29) is 40.0 Å². The predicted molar refractivity (Wildman–Crippen MR) is 115 cm³/mol. The van der Waals surface area contributed by atoms with E-state index in [1.807, 2.05) is 0 Å². The number of hydrogen-bond acceptors (Lipinski definition) is 7. The lowest BCUT2D eigenvalue weighted by Gasteiger charge is -2.10.